The predicted octanol–water partition coefficient (Wildman–Crippen LogP) is 4.79. The van der Waals surface area contributed by atoms with E-state index in [2.05, 4.69) is 9.97 Å². The average molecular weight is 344 g/mol. The van der Waals surface area contributed by atoms with Crippen LogP contribution in [-0.4, -0.2) is 15.8 Å². The number of ether oxygens (including phenoxy) is 1. The standard InChI is InChI=1S/C21H13FN2O2/c22-16-9-5-14(6-10-16)21(25)15-7-11-17(12-8-15)26-20-13-23-18-3-1-2-4-19(18)24-20/h1-13H. The van der Waals surface area contributed by atoms with Gasteiger partial charge < -0.3 is 4.74 Å². The summed E-state index contributed by atoms with van der Waals surface area (Å²) in [5.41, 5.74) is 2.46. The SMILES string of the molecule is O=C(c1ccc(F)cc1)c1ccc(Oc2cnc3ccccc3n2)cc1. The summed E-state index contributed by atoms with van der Waals surface area (Å²) in [5, 5.41) is 0. The van der Waals surface area contributed by atoms with Crippen LogP contribution in [0.15, 0.2) is 79.0 Å². The lowest BCUT2D eigenvalue weighted by atomic mass is 10.0. The Bertz CT molecular complexity index is 1080. The number of hydrogen-bond acceptors (Lipinski definition) is 4. The second-order valence-corrected chi connectivity index (χ2v) is 5.66. The van der Waals surface area contributed by atoms with Crippen LogP contribution in [0.4, 0.5) is 4.39 Å². The molecular weight excluding hydrogens is 331 g/mol. The molecule has 0 unspecified atom stereocenters. The van der Waals surface area contributed by atoms with E-state index in [1.807, 2.05) is 24.3 Å². The van der Waals surface area contributed by atoms with Gasteiger partial charge in [-0.2, -0.15) is 0 Å². The van der Waals surface area contributed by atoms with E-state index in [-0.39, 0.29) is 11.6 Å². The molecular formula is C21H13FN2O2. The topological polar surface area (TPSA) is 52.1 Å². The van der Waals surface area contributed by atoms with Gasteiger partial charge in [0.2, 0.25) is 5.88 Å². The highest BCUT2D eigenvalue weighted by Crippen LogP contribution is 2.22. The number of nitrogens with zero attached hydrogens (tertiary/aromatic N) is 2. The number of para-hydroxylation sites is 2. The number of aromatic nitrogens is 2. The highest BCUT2D eigenvalue weighted by Gasteiger charge is 2.10. The highest BCUT2D eigenvalue weighted by atomic mass is 19.1. The normalized spacial score (nSPS) is 10.7. The highest BCUT2D eigenvalue weighted by molar-refractivity contribution is 6.09. The maximum absolute atomic E-state index is 13.0. The lowest BCUT2D eigenvalue weighted by Gasteiger charge is -2.06. The number of ketones is 1. The molecule has 0 spiro atoms. The van der Waals surface area contributed by atoms with Crippen molar-refractivity contribution < 1.29 is 13.9 Å². The Labute approximate surface area is 148 Å². The average Bonchev–Trinajstić information content (AvgIpc) is 2.68. The first-order valence-corrected chi connectivity index (χ1v) is 7.99. The molecule has 0 atom stereocenters. The molecule has 5 heteroatoms. The fourth-order valence-electron chi connectivity index (χ4n) is 2.55. The molecule has 0 saturated heterocycles. The van der Waals surface area contributed by atoms with Gasteiger partial charge in [0.05, 0.1) is 17.2 Å². The first-order chi connectivity index (χ1) is 12.7. The molecule has 0 radical (unpaired) electrons. The number of fused-ring (bicyclic) bond motifs is 1. The molecule has 3 aromatic carbocycles. The number of carbonyl (C=O) groups is 1. The van der Waals surface area contributed by atoms with Crippen molar-refractivity contribution in [3.8, 4) is 11.6 Å². The van der Waals surface area contributed by atoms with Gasteiger partial charge in [-0.05, 0) is 60.7 Å². The Balaban J connectivity index is 1.53. The summed E-state index contributed by atoms with van der Waals surface area (Å²) in [5.74, 6) is 0.371. The molecule has 126 valence electrons. The van der Waals surface area contributed by atoms with Crippen LogP contribution in [-0.2, 0) is 0 Å². The Morgan fingerprint density at radius 2 is 1.42 bits per heavy atom. The van der Waals surface area contributed by atoms with Crippen LogP contribution in [0.3, 0.4) is 0 Å². The zero-order chi connectivity index (χ0) is 17.9. The number of carbonyl (C=O) groups excluding carboxylic acids is 1. The third-order valence-electron chi connectivity index (χ3n) is 3.87. The zero-order valence-corrected chi connectivity index (χ0v) is 13.6. The quantitative estimate of drug-likeness (QED) is 0.499. The summed E-state index contributed by atoms with van der Waals surface area (Å²) in [6.07, 6.45) is 1.56. The van der Waals surface area contributed by atoms with Crippen molar-refractivity contribution in [2.24, 2.45) is 0 Å². The molecule has 0 N–H and O–H groups in total. The van der Waals surface area contributed by atoms with E-state index in [1.54, 1.807) is 30.5 Å². The number of hydrogen-bond donors (Lipinski definition) is 0. The molecule has 4 rings (SSSR count). The van der Waals surface area contributed by atoms with Gasteiger partial charge in [-0.3, -0.25) is 4.79 Å². The summed E-state index contributed by atoms with van der Waals surface area (Å²) in [4.78, 5) is 21.1. The minimum absolute atomic E-state index is 0.179. The molecule has 4 aromatic rings. The minimum atomic E-state index is -0.373. The van der Waals surface area contributed by atoms with Crippen molar-refractivity contribution in [1.29, 1.82) is 0 Å². The molecule has 0 fully saturated rings. The lowest BCUT2D eigenvalue weighted by Crippen LogP contribution is -2.01. The van der Waals surface area contributed by atoms with Gasteiger partial charge in [-0.1, -0.05) is 12.1 Å². The predicted molar refractivity (Wildman–Crippen MR) is 95.9 cm³/mol. The Morgan fingerprint density at radius 1 is 0.808 bits per heavy atom. The third kappa shape index (κ3) is 3.28. The van der Waals surface area contributed by atoms with E-state index in [0.29, 0.717) is 22.8 Å². The first kappa shape index (κ1) is 15.9. The van der Waals surface area contributed by atoms with Crippen molar-refractivity contribution >= 4 is 16.8 Å². The van der Waals surface area contributed by atoms with E-state index in [1.165, 1.54) is 24.3 Å². The van der Waals surface area contributed by atoms with Gasteiger partial charge >= 0.3 is 0 Å². The van der Waals surface area contributed by atoms with Gasteiger partial charge in [-0.15, -0.1) is 0 Å². The molecule has 0 saturated carbocycles. The minimum Gasteiger partial charge on any atom is -0.437 e. The molecule has 0 aliphatic heterocycles. The van der Waals surface area contributed by atoms with Crippen LogP contribution in [0.5, 0.6) is 11.6 Å². The molecule has 4 nitrogen and oxygen atoms in total. The Morgan fingerprint density at radius 3 is 2.12 bits per heavy atom. The second-order valence-electron chi connectivity index (χ2n) is 5.66. The molecule has 1 aromatic heterocycles. The van der Waals surface area contributed by atoms with Crippen LogP contribution >= 0.6 is 0 Å². The van der Waals surface area contributed by atoms with Crippen LogP contribution < -0.4 is 4.74 Å². The van der Waals surface area contributed by atoms with Crippen LogP contribution in [0.2, 0.25) is 0 Å². The monoisotopic (exact) mass is 344 g/mol. The fraction of sp³-hybridized carbons (Fsp3) is 0. The third-order valence-corrected chi connectivity index (χ3v) is 3.87. The van der Waals surface area contributed by atoms with E-state index >= 15 is 0 Å². The Hall–Kier alpha value is -3.60. The molecule has 0 bridgehead atoms. The van der Waals surface area contributed by atoms with Gasteiger partial charge in [-0.25, -0.2) is 14.4 Å². The van der Waals surface area contributed by atoms with Crippen molar-refractivity contribution in [3.05, 3.63) is 95.9 Å². The zero-order valence-electron chi connectivity index (χ0n) is 13.6. The molecule has 0 aliphatic carbocycles. The summed E-state index contributed by atoms with van der Waals surface area (Å²) >= 11 is 0. The van der Waals surface area contributed by atoms with E-state index in [9.17, 15) is 9.18 Å². The van der Waals surface area contributed by atoms with Crippen LogP contribution in [0.25, 0.3) is 11.0 Å². The van der Waals surface area contributed by atoms with Gasteiger partial charge in [0.15, 0.2) is 5.78 Å². The van der Waals surface area contributed by atoms with Crippen molar-refractivity contribution in [2.75, 3.05) is 0 Å². The van der Waals surface area contributed by atoms with Gasteiger partial charge in [0, 0.05) is 11.1 Å². The van der Waals surface area contributed by atoms with Gasteiger partial charge in [0.1, 0.15) is 11.6 Å². The second kappa shape index (κ2) is 6.72. The number of benzene rings is 3. The van der Waals surface area contributed by atoms with Gasteiger partial charge in [0.25, 0.3) is 0 Å². The fourth-order valence-corrected chi connectivity index (χ4v) is 2.55. The maximum Gasteiger partial charge on any atom is 0.238 e. The number of rotatable bonds is 4. The van der Waals surface area contributed by atoms with Crippen molar-refractivity contribution in [3.63, 3.8) is 0 Å². The smallest absolute Gasteiger partial charge is 0.238 e. The summed E-state index contributed by atoms with van der Waals surface area (Å²) in [6, 6.07) is 19.7. The van der Waals surface area contributed by atoms with E-state index in [0.717, 1.165) is 11.0 Å². The summed E-state index contributed by atoms with van der Waals surface area (Å²) in [7, 11) is 0. The molecule has 0 aliphatic rings. The molecule has 26 heavy (non-hydrogen) atoms. The van der Waals surface area contributed by atoms with E-state index in [4.69, 9.17) is 4.74 Å². The first-order valence-electron chi connectivity index (χ1n) is 7.99. The maximum atomic E-state index is 13.0. The van der Waals surface area contributed by atoms with Crippen LogP contribution in [0, 0.1) is 5.82 Å². The Kier molecular flexibility index (Phi) is 4.11. The van der Waals surface area contributed by atoms with Crippen molar-refractivity contribution in [2.45, 2.75) is 0 Å². The molecule has 0 amide bonds. The van der Waals surface area contributed by atoms with Crippen molar-refractivity contribution in [1.82, 2.24) is 9.97 Å². The summed E-state index contributed by atoms with van der Waals surface area (Å²) < 4.78 is 18.7. The summed E-state index contributed by atoms with van der Waals surface area (Å²) in [6.45, 7) is 0. The van der Waals surface area contributed by atoms with Crippen LogP contribution in [0.1, 0.15) is 15.9 Å². The molecule has 1 heterocycles. The largest absolute Gasteiger partial charge is 0.437 e. The number of halogens is 1. The van der Waals surface area contributed by atoms with E-state index < -0.39 is 0 Å². The lowest BCUT2D eigenvalue weighted by molar-refractivity contribution is 0.103.